The van der Waals surface area contributed by atoms with Gasteiger partial charge < -0.3 is 10.3 Å². The van der Waals surface area contributed by atoms with Crippen LogP contribution in [0.4, 0.5) is 0 Å². The zero-order valence-corrected chi connectivity index (χ0v) is 8.80. The molecule has 0 aliphatic heterocycles. The van der Waals surface area contributed by atoms with E-state index in [0.717, 1.165) is 18.0 Å². The molecule has 1 rings (SSSR count). The highest BCUT2D eigenvalue weighted by Gasteiger charge is 2.08. The lowest BCUT2D eigenvalue weighted by molar-refractivity contribution is 0.383. The van der Waals surface area contributed by atoms with Crippen LogP contribution in [0.3, 0.4) is 0 Å². The van der Waals surface area contributed by atoms with E-state index in [9.17, 15) is 0 Å². The maximum Gasteiger partial charge on any atom is 0.236 e. The van der Waals surface area contributed by atoms with E-state index in [1.54, 1.807) is 11.8 Å². The Bertz CT molecular complexity index is 251. The van der Waals surface area contributed by atoms with Crippen LogP contribution in [-0.2, 0) is 12.2 Å². The average Bonchev–Trinajstić information content (AvgIpc) is 2.53. The molecule has 0 aliphatic carbocycles. The van der Waals surface area contributed by atoms with Gasteiger partial charge in [0.25, 0.3) is 0 Å². The Labute approximate surface area is 82.3 Å². The van der Waals surface area contributed by atoms with E-state index in [4.69, 9.17) is 10.3 Å². The van der Waals surface area contributed by atoms with Gasteiger partial charge in [-0.3, -0.25) is 0 Å². The van der Waals surface area contributed by atoms with Gasteiger partial charge in [0.2, 0.25) is 5.89 Å². The lowest BCUT2D eigenvalue weighted by atomic mass is 10.2. The summed E-state index contributed by atoms with van der Waals surface area (Å²) >= 11 is 1.67. The van der Waals surface area contributed by atoms with Crippen molar-refractivity contribution < 1.29 is 4.52 Å². The summed E-state index contributed by atoms with van der Waals surface area (Å²) in [6.45, 7) is 2.05. The molecule has 5 heteroatoms. The van der Waals surface area contributed by atoms with Gasteiger partial charge in [-0.25, -0.2) is 0 Å². The highest BCUT2D eigenvalue weighted by molar-refractivity contribution is 7.97. The number of nitrogens with zero attached hydrogens (tertiary/aromatic N) is 2. The SMILES string of the molecule is CCC(N)Cc1noc(CSC)n1. The Kier molecular flexibility index (Phi) is 4.24. The monoisotopic (exact) mass is 201 g/mol. The first-order chi connectivity index (χ1) is 6.26. The van der Waals surface area contributed by atoms with Gasteiger partial charge in [0.05, 0.1) is 5.75 Å². The van der Waals surface area contributed by atoms with E-state index in [1.165, 1.54) is 0 Å². The summed E-state index contributed by atoms with van der Waals surface area (Å²) in [5.41, 5.74) is 5.76. The number of hydrogen-bond acceptors (Lipinski definition) is 5. The van der Waals surface area contributed by atoms with Gasteiger partial charge in [-0.15, -0.1) is 0 Å². The fourth-order valence-corrected chi connectivity index (χ4v) is 1.30. The van der Waals surface area contributed by atoms with Crippen LogP contribution >= 0.6 is 11.8 Å². The van der Waals surface area contributed by atoms with Crippen LogP contribution in [0.2, 0.25) is 0 Å². The van der Waals surface area contributed by atoms with Crippen LogP contribution in [-0.4, -0.2) is 22.4 Å². The van der Waals surface area contributed by atoms with Gasteiger partial charge in [0, 0.05) is 12.5 Å². The Hall–Kier alpha value is -0.550. The molecule has 0 fully saturated rings. The lowest BCUT2D eigenvalue weighted by Crippen LogP contribution is -2.21. The number of aromatic nitrogens is 2. The molecular formula is C8H15N3OS. The molecule has 1 aromatic heterocycles. The summed E-state index contributed by atoms with van der Waals surface area (Å²) in [5, 5.41) is 3.84. The Morgan fingerprint density at radius 3 is 3.00 bits per heavy atom. The van der Waals surface area contributed by atoms with Crippen molar-refractivity contribution in [3.8, 4) is 0 Å². The summed E-state index contributed by atoms with van der Waals surface area (Å²) < 4.78 is 5.01. The normalized spacial score (nSPS) is 13.2. The summed E-state index contributed by atoms with van der Waals surface area (Å²) in [6.07, 6.45) is 3.64. The summed E-state index contributed by atoms with van der Waals surface area (Å²) in [7, 11) is 0. The second-order valence-corrected chi connectivity index (χ2v) is 3.78. The molecule has 0 aliphatic rings. The maximum absolute atomic E-state index is 5.76. The van der Waals surface area contributed by atoms with Crippen LogP contribution in [0.5, 0.6) is 0 Å². The molecule has 0 amide bonds. The quantitative estimate of drug-likeness (QED) is 0.775. The molecule has 2 N–H and O–H groups in total. The number of rotatable bonds is 5. The van der Waals surface area contributed by atoms with Crippen molar-refractivity contribution in [3.63, 3.8) is 0 Å². The van der Waals surface area contributed by atoms with E-state index < -0.39 is 0 Å². The summed E-state index contributed by atoms with van der Waals surface area (Å²) in [4.78, 5) is 4.21. The van der Waals surface area contributed by atoms with Crippen LogP contribution in [0.25, 0.3) is 0 Å². The van der Waals surface area contributed by atoms with Crippen molar-refractivity contribution in [2.24, 2.45) is 5.73 Å². The fraction of sp³-hybridized carbons (Fsp3) is 0.750. The molecule has 0 bridgehead atoms. The molecule has 74 valence electrons. The predicted molar refractivity (Wildman–Crippen MR) is 53.5 cm³/mol. The first-order valence-electron chi connectivity index (χ1n) is 4.32. The molecule has 0 radical (unpaired) electrons. The van der Waals surface area contributed by atoms with Gasteiger partial charge in [-0.05, 0) is 12.7 Å². The van der Waals surface area contributed by atoms with Gasteiger partial charge in [-0.2, -0.15) is 16.7 Å². The first kappa shape index (κ1) is 10.5. The molecule has 0 spiro atoms. The van der Waals surface area contributed by atoms with Crippen molar-refractivity contribution >= 4 is 11.8 Å². The Morgan fingerprint density at radius 1 is 1.62 bits per heavy atom. The van der Waals surface area contributed by atoms with Gasteiger partial charge in [0.15, 0.2) is 5.82 Å². The highest BCUT2D eigenvalue weighted by atomic mass is 32.2. The van der Waals surface area contributed by atoms with Crippen molar-refractivity contribution in [1.82, 2.24) is 10.1 Å². The smallest absolute Gasteiger partial charge is 0.236 e. The van der Waals surface area contributed by atoms with Crippen LogP contribution in [0, 0.1) is 0 Å². The first-order valence-corrected chi connectivity index (χ1v) is 5.71. The molecule has 13 heavy (non-hydrogen) atoms. The van der Waals surface area contributed by atoms with Crippen molar-refractivity contribution in [3.05, 3.63) is 11.7 Å². The zero-order valence-electron chi connectivity index (χ0n) is 7.99. The molecular weight excluding hydrogens is 186 g/mol. The Balaban J connectivity index is 2.48. The van der Waals surface area contributed by atoms with Crippen LogP contribution in [0.15, 0.2) is 4.52 Å². The third kappa shape index (κ3) is 3.36. The van der Waals surface area contributed by atoms with Gasteiger partial charge in [-0.1, -0.05) is 12.1 Å². The molecule has 1 heterocycles. The fourth-order valence-electron chi connectivity index (χ4n) is 0.934. The topological polar surface area (TPSA) is 64.9 Å². The summed E-state index contributed by atoms with van der Waals surface area (Å²) in [5.74, 6) is 2.18. The van der Waals surface area contributed by atoms with E-state index in [1.807, 2.05) is 13.2 Å². The molecule has 1 aromatic rings. The lowest BCUT2D eigenvalue weighted by Gasteiger charge is -2.02. The third-order valence-corrected chi connectivity index (χ3v) is 2.28. The minimum absolute atomic E-state index is 0.139. The Morgan fingerprint density at radius 2 is 2.38 bits per heavy atom. The third-order valence-electron chi connectivity index (χ3n) is 1.75. The highest BCUT2D eigenvalue weighted by Crippen LogP contribution is 2.07. The van der Waals surface area contributed by atoms with E-state index in [-0.39, 0.29) is 6.04 Å². The largest absolute Gasteiger partial charge is 0.338 e. The minimum atomic E-state index is 0.139. The van der Waals surface area contributed by atoms with Crippen LogP contribution < -0.4 is 5.73 Å². The predicted octanol–water partition coefficient (Wildman–Crippen LogP) is 1.21. The molecule has 1 atom stereocenters. The van der Waals surface area contributed by atoms with Crippen molar-refractivity contribution in [1.29, 1.82) is 0 Å². The zero-order chi connectivity index (χ0) is 9.68. The molecule has 4 nitrogen and oxygen atoms in total. The molecule has 1 unspecified atom stereocenters. The van der Waals surface area contributed by atoms with Gasteiger partial charge >= 0.3 is 0 Å². The van der Waals surface area contributed by atoms with E-state index >= 15 is 0 Å². The maximum atomic E-state index is 5.76. The molecule has 0 saturated heterocycles. The standard InChI is InChI=1S/C8H15N3OS/c1-3-6(9)4-7-10-8(5-13-2)12-11-7/h6H,3-5,9H2,1-2H3. The van der Waals surface area contributed by atoms with Crippen LogP contribution in [0.1, 0.15) is 25.1 Å². The second kappa shape index (κ2) is 5.24. The second-order valence-electron chi connectivity index (χ2n) is 2.91. The molecule has 0 aromatic carbocycles. The minimum Gasteiger partial charge on any atom is -0.338 e. The molecule has 0 saturated carbocycles. The van der Waals surface area contributed by atoms with Crippen molar-refractivity contribution in [2.45, 2.75) is 31.6 Å². The number of thioether (sulfide) groups is 1. The number of nitrogens with two attached hydrogens (primary N) is 1. The van der Waals surface area contributed by atoms with Crippen molar-refractivity contribution in [2.75, 3.05) is 6.26 Å². The van der Waals surface area contributed by atoms with E-state index in [0.29, 0.717) is 12.3 Å². The average molecular weight is 201 g/mol. The van der Waals surface area contributed by atoms with Gasteiger partial charge in [0.1, 0.15) is 0 Å². The summed E-state index contributed by atoms with van der Waals surface area (Å²) in [6, 6.07) is 0.139. The van der Waals surface area contributed by atoms with E-state index in [2.05, 4.69) is 10.1 Å². The number of hydrogen-bond donors (Lipinski definition) is 1.